The van der Waals surface area contributed by atoms with E-state index >= 15 is 0 Å². The molecule has 0 spiro atoms. The number of halogens is 2. The van der Waals surface area contributed by atoms with Gasteiger partial charge in [0.1, 0.15) is 0 Å². The molecule has 2 aromatic carbocycles. The zero-order chi connectivity index (χ0) is 16.5. The van der Waals surface area contributed by atoms with E-state index in [0.717, 1.165) is 0 Å². The highest BCUT2D eigenvalue weighted by Gasteiger charge is 2.17. The molecule has 0 heterocycles. The molecule has 0 atom stereocenters. The van der Waals surface area contributed by atoms with Gasteiger partial charge in [-0.05, 0) is 42.8 Å². The molecule has 0 aliphatic rings. The summed E-state index contributed by atoms with van der Waals surface area (Å²) in [5.74, 6) is -1.14. The highest BCUT2D eigenvalue weighted by atomic mass is 35.5. The summed E-state index contributed by atoms with van der Waals surface area (Å²) in [6.45, 7) is 1.67. The average Bonchev–Trinajstić information content (AvgIpc) is 2.43. The molecule has 0 saturated carbocycles. The Morgan fingerprint density at radius 2 is 1.77 bits per heavy atom. The van der Waals surface area contributed by atoms with E-state index in [2.05, 4.69) is 4.72 Å². The highest BCUT2D eigenvalue weighted by Crippen LogP contribution is 2.27. The summed E-state index contributed by atoms with van der Waals surface area (Å²) in [6, 6.07) is 8.09. The molecule has 0 bridgehead atoms. The number of nitrogens with one attached hydrogen (secondary N) is 1. The van der Waals surface area contributed by atoms with Crippen molar-refractivity contribution in [1.82, 2.24) is 0 Å². The number of aromatic carboxylic acids is 1. The lowest BCUT2D eigenvalue weighted by atomic mass is 10.1. The van der Waals surface area contributed by atoms with Gasteiger partial charge in [-0.25, -0.2) is 13.2 Å². The second-order valence-corrected chi connectivity index (χ2v) is 7.01. The lowest BCUT2D eigenvalue weighted by Gasteiger charge is -2.12. The van der Waals surface area contributed by atoms with Crippen molar-refractivity contribution in [2.45, 2.75) is 11.8 Å². The number of benzene rings is 2. The van der Waals surface area contributed by atoms with Crippen molar-refractivity contribution in [3.8, 4) is 0 Å². The molecule has 0 fully saturated rings. The zero-order valence-electron chi connectivity index (χ0n) is 11.3. The van der Waals surface area contributed by atoms with Gasteiger partial charge in [0.25, 0.3) is 10.0 Å². The first-order valence-electron chi connectivity index (χ1n) is 6.02. The summed E-state index contributed by atoms with van der Waals surface area (Å²) in [6.07, 6.45) is 0. The molecule has 0 radical (unpaired) electrons. The van der Waals surface area contributed by atoms with Crippen LogP contribution < -0.4 is 4.72 Å². The van der Waals surface area contributed by atoms with Gasteiger partial charge in [-0.3, -0.25) is 4.72 Å². The molecule has 0 amide bonds. The Balaban J connectivity index is 2.42. The minimum atomic E-state index is -3.90. The minimum absolute atomic E-state index is 0.0163. The largest absolute Gasteiger partial charge is 0.478 e. The average molecular weight is 360 g/mol. The molecule has 0 saturated heterocycles. The highest BCUT2D eigenvalue weighted by molar-refractivity contribution is 7.92. The van der Waals surface area contributed by atoms with Gasteiger partial charge in [-0.15, -0.1) is 0 Å². The van der Waals surface area contributed by atoms with Crippen LogP contribution in [-0.4, -0.2) is 19.5 Å². The number of sulfonamides is 1. The van der Waals surface area contributed by atoms with E-state index in [1.54, 1.807) is 6.92 Å². The number of hydrogen-bond acceptors (Lipinski definition) is 3. The molecular weight excluding hydrogens is 349 g/mol. The summed E-state index contributed by atoms with van der Waals surface area (Å²) in [4.78, 5) is 10.9. The van der Waals surface area contributed by atoms with E-state index in [4.69, 9.17) is 28.3 Å². The zero-order valence-corrected chi connectivity index (χ0v) is 13.6. The van der Waals surface area contributed by atoms with Crippen LogP contribution in [0, 0.1) is 6.92 Å². The summed E-state index contributed by atoms with van der Waals surface area (Å²) < 4.78 is 27.0. The summed E-state index contributed by atoms with van der Waals surface area (Å²) in [5.41, 5.74) is 0.761. The monoisotopic (exact) mass is 359 g/mol. The second-order valence-electron chi connectivity index (χ2n) is 4.52. The molecule has 2 aromatic rings. The minimum Gasteiger partial charge on any atom is -0.478 e. The van der Waals surface area contributed by atoms with Crippen molar-refractivity contribution in [3.05, 3.63) is 57.6 Å². The topological polar surface area (TPSA) is 83.5 Å². The Morgan fingerprint density at radius 1 is 1.09 bits per heavy atom. The lowest BCUT2D eigenvalue weighted by Crippen LogP contribution is -2.14. The Labute approximate surface area is 137 Å². The van der Waals surface area contributed by atoms with E-state index < -0.39 is 16.0 Å². The van der Waals surface area contributed by atoms with E-state index in [1.807, 2.05) is 0 Å². The van der Waals surface area contributed by atoms with Crippen molar-refractivity contribution in [3.63, 3.8) is 0 Å². The Morgan fingerprint density at radius 3 is 2.36 bits per heavy atom. The van der Waals surface area contributed by atoms with Gasteiger partial charge in [0.15, 0.2) is 0 Å². The van der Waals surface area contributed by atoms with E-state index in [1.165, 1.54) is 36.4 Å². The van der Waals surface area contributed by atoms with Crippen LogP contribution in [0.2, 0.25) is 10.0 Å². The number of rotatable bonds is 4. The second kappa shape index (κ2) is 6.16. The number of aryl methyl sites for hydroxylation is 1. The fraction of sp³-hybridized carbons (Fsp3) is 0.0714. The molecule has 0 aromatic heterocycles. The van der Waals surface area contributed by atoms with E-state index in [0.29, 0.717) is 5.56 Å². The van der Waals surface area contributed by atoms with Crippen LogP contribution in [0.1, 0.15) is 15.9 Å². The van der Waals surface area contributed by atoms with Crippen LogP contribution in [0.25, 0.3) is 0 Å². The van der Waals surface area contributed by atoms with Crippen LogP contribution in [0.5, 0.6) is 0 Å². The Kier molecular flexibility index (Phi) is 4.65. The van der Waals surface area contributed by atoms with Crippen LogP contribution in [0.15, 0.2) is 41.3 Å². The van der Waals surface area contributed by atoms with E-state index in [9.17, 15) is 13.2 Å². The standard InChI is InChI=1S/C14H11Cl2NO4S/c1-8-2-3-9(14(18)19)6-13(8)17-22(20,21)10-4-5-11(15)12(16)7-10/h2-7,17H,1H3,(H,18,19). The summed E-state index contributed by atoms with van der Waals surface area (Å²) in [5, 5.41) is 9.33. The summed E-state index contributed by atoms with van der Waals surface area (Å²) >= 11 is 11.6. The van der Waals surface area contributed by atoms with Crippen LogP contribution >= 0.6 is 23.2 Å². The van der Waals surface area contributed by atoms with Crippen molar-refractivity contribution in [2.24, 2.45) is 0 Å². The normalized spacial score (nSPS) is 11.2. The Hall–Kier alpha value is -1.76. The third-order valence-electron chi connectivity index (χ3n) is 2.93. The van der Waals surface area contributed by atoms with Gasteiger partial charge >= 0.3 is 5.97 Å². The lowest BCUT2D eigenvalue weighted by molar-refractivity contribution is 0.0697. The van der Waals surface area contributed by atoms with Gasteiger partial charge in [0, 0.05) is 0 Å². The van der Waals surface area contributed by atoms with Gasteiger partial charge in [-0.2, -0.15) is 0 Å². The fourth-order valence-electron chi connectivity index (χ4n) is 1.71. The fourth-order valence-corrected chi connectivity index (χ4v) is 3.22. The van der Waals surface area contributed by atoms with Gasteiger partial charge in [0.2, 0.25) is 0 Å². The van der Waals surface area contributed by atoms with Crippen LogP contribution in [0.3, 0.4) is 0 Å². The SMILES string of the molecule is Cc1ccc(C(=O)O)cc1NS(=O)(=O)c1ccc(Cl)c(Cl)c1. The molecular formula is C14H11Cl2NO4S. The molecule has 116 valence electrons. The predicted octanol–water partition coefficient (Wildman–Crippen LogP) is 3.80. The molecule has 22 heavy (non-hydrogen) atoms. The smallest absolute Gasteiger partial charge is 0.335 e. The third-order valence-corrected chi connectivity index (χ3v) is 5.03. The molecule has 2 rings (SSSR count). The number of hydrogen-bond donors (Lipinski definition) is 2. The maximum absolute atomic E-state index is 12.3. The van der Waals surface area contributed by atoms with Crippen molar-refractivity contribution in [2.75, 3.05) is 4.72 Å². The molecule has 2 N–H and O–H groups in total. The molecule has 0 aliphatic carbocycles. The third kappa shape index (κ3) is 3.52. The number of carboxylic acid groups (broad SMARTS) is 1. The first kappa shape index (κ1) is 16.6. The van der Waals surface area contributed by atoms with Crippen molar-refractivity contribution >= 4 is 44.9 Å². The molecule has 8 heteroatoms. The molecule has 5 nitrogen and oxygen atoms in total. The number of carboxylic acids is 1. The number of carbonyl (C=O) groups is 1. The van der Waals surface area contributed by atoms with Gasteiger partial charge in [0.05, 0.1) is 26.2 Å². The van der Waals surface area contributed by atoms with Gasteiger partial charge < -0.3 is 5.11 Å². The first-order chi connectivity index (χ1) is 10.2. The Bertz CT molecular complexity index is 850. The maximum atomic E-state index is 12.3. The molecule has 0 unspecified atom stereocenters. The first-order valence-corrected chi connectivity index (χ1v) is 8.26. The maximum Gasteiger partial charge on any atom is 0.335 e. The van der Waals surface area contributed by atoms with Crippen LogP contribution in [-0.2, 0) is 10.0 Å². The van der Waals surface area contributed by atoms with Crippen LogP contribution in [0.4, 0.5) is 5.69 Å². The van der Waals surface area contributed by atoms with Crippen molar-refractivity contribution in [1.29, 1.82) is 0 Å². The van der Waals surface area contributed by atoms with Gasteiger partial charge in [-0.1, -0.05) is 29.3 Å². The van der Waals surface area contributed by atoms with E-state index in [-0.39, 0.29) is 26.2 Å². The predicted molar refractivity (Wildman–Crippen MR) is 85.4 cm³/mol. The quantitative estimate of drug-likeness (QED) is 0.869. The molecule has 0 aliphatic heterocycles. The number of anilines is 1. The van der Waals surface area contributed by atoms with Crippen molar-refractivity contribution < 1.29 is 18.3 Å². The summed E-state index contributed by atoms with van der Waals surface area (Å²) in [7, 11) is -3.90.